The molecule has 1 amide bonds. The van der Waals surface area contributed by atoms with Gasteiger partial charge in [0.2, 0.25) is 5.91 Å². The van der Waals surface area contributed by atoms with E-state index in [1.54, 1.807) is 0 Å². The Morgan fingerprint density at radius 2 is 1.74 bits per heavy atom. The minimum Gasteiger partial charge on any atom is -0.352 e. The smallest absolute Gasteiger partial charge is 0.234 e. The molecule has 3 nitrogen and oxygen atoms in total. The van der Waals surface area contributed by atoms with Crippen molar-refractivity contribution >= 4 is 5.91 Å². The van der Waals surface area contributed by atoms with Crippen LogP contribution in [0.2, 0.25) is 0 Å². The van der Waals surface area contributed by atoms with Crippen LogP contribution in [0.4, 0.5) is 0 Å². The molecule has 3 unspecified atom stereocenters. The average Bonchev–Trinajstić information content (AvgIpc) is 2.42. The van der Waals surface area contributed by atoms with Crippen LogP contribution in [-0.4, -0.2) is 24.5 Å². The monoisotopic (exact) mass is 266 g/mol. The van der Waals surface area contributed by atoms with Gasteiger partial charge in [-0.1, -0.05) is 46.0 Å². The van der Waals surface area contributed by atoms with E-state index in [-0.39, 0.29) is 5.91 Å². The zero-order valence-corrected chi connectivity index (χ0v) is 12.6. The first-order chi connectivity index (χ1) is 9.16. The van der Waals surface area contributed by atoms with Crippen LogP contribution in [-0.2, 0) is 4.79 Å². The summed E-state index contributed by atoms with van der Waals surface area (Å²) >= 11 is 0. The van der Waals surface area contributed by atoms with E-state index >= 15 is 0 Å². The standard InChI is InChI=1S/C16H30N2O/c1-12-7-6-10-15(13(12)2)17-11-16(19)18-14-8-4-3-5-9-14/h12-15,17H,3-11H2,1-2H3,(H,18,19). The van der Waals surface area contributed by atoms with Gasteiger partial charge in [-0.15, -0.1) is 0 Å². The molecule has 2 aliphatic carbocycles. The molecule has 0 heterocycles. The predicted octanol–water partition coefficient (Wildman–Crippen LogP) is 2.85. The lowest BCUT2D eigenvalue weighted by molar-refractivity contribution is -0.121. The van der Waals surface area contributed by atoms with Gasteiger partial charge >= 0.3 is 0 Å². The Kier molecular flexibility index (Phi) is 5.68. The van der Waals surface area contributed by atoms with E-state index in [1.807, 2.05) is 0 Å². The Labute approximate surface area is 117 Å². The molecule has 2 N–H and O–H groups in total. The Morgan fingerprint density at radius 3 is 2.47 bits per heavy atom. The summed E-state index contributed by atoms with van der Waals surface area (Å²) in [6, 6.07) is 0.964. The van der Waals surface area contributed by atoms with Crippen LogP contribution in [0.15, 0.2) is 0 Å². The molecular formula is C16H30N2O. The van der Waals surface area contributed by atoms with Crippen molar-refractivity contribution in [3.05, 3.63) is 0 Å². The van der Waals surface area contributed by atoms with Crippen molar-refractivity contribution in [2.75, 3.05) is 6.54 Å². The van der Waals surface area contributed by atoms with Gasteiger partial charge in [0.05, 0.1) is 6.54 Å². The van der Waals surface area contributed by atoms with Crippen LogP contribution < -0.4 is 10.6 Å². The van der Waals surface area contributed by atoms with Crippen molar-refractivity contribution in [3.63, 3.8) is 0 Å². The van der Waals surface area contributed by atoms with Gasteiger partial charge in [0, 0.05) is 12.1 Å². The molecule has 3 atom stereocenters. The van der Waals surface area contributed by atoms with E-state index in [4.69, 9.17) is 0 Å². The zero-order chi connectivity index (χ0) is 13.7. The Bertz CT molecular complexity index is 286. The quantitative estimate of drug-likeness (QED) is 0.821. The summed E-state index contributed by atoms with van der Waals surface area (Å²) in [6.45, 7) is 5.15. The third-order valence-electron chi connectivity index (χ3n) is 5.20. The van der Waals surface area contributed by atoms with Crippen molar-refractivity contribution in [3.8, 4) is 0 Å². The summed E-state index contributed by atoms with van der Waals surface area (Å²) in [5.74, 6) is 1.67. The maximum atomic E-state index is 12.0. The average molecular weight is 266 g/mol. The number of rotatable bonds is 4. The summed E-state index contributed by atoms with van der Waals surface area (Å²) in [4.78, 5) is 12.0. The highest BCUT2D eigenvalue weighted by Gasteiger charge is 2.27. The highest BCUT2D eigenvalue weighted by molar-refractivity contribution is 5.78. The van der Waals surface area contributed by atoms with E-state index in [0.29, 0.717) is 24.5 Å². The minimum atomic E-state index is 0.192. The molecule has 2 rings (SSSR count). The van der Waals surface area contributed by atoms with E-state index in [9.17, 15) is 4.79 Å². The minimum absolute atomic E-state index is 0.192. The Morgan fingerprint density at radius 1 is 1.00 bits per heavy atom. The van der Waals surface area contributed by atoms with Gasteiger partial charge in [0.25, 0.3) is 0 Å². The largest absolute Gasteiger partial charge is 0.352 e. The topological polar surface area (TPSA) is 41.1 Å². The van der Waals surface area contributed by atoms with Crippen LogP contribution in [0.3, 0.4) is 0 Å². The maximum absolute atomic E-state index is 12.0. The maximum Gasteiger partial charge on any atom is 0.234 e. The number of carbonyl (C=O) groups excluding carboxylic acids is 1. The molecule has 2 saturated carbocycles. The van der Waals surface area contributed by atoms with E-state index in [0.717, 1.165) is 5.92 Å². The normalized spacial score (nSPS) is 33.1. The first-order valence-corrected chi connectivity index (χ1v) is 8.19. The molecule has 2 fully saturated rings. The molecular weight excluding hydrogens is 236 g/mol. The molecule has 0 aromatic carbocycles. The van der Waals surface area contributed by atoms with Gasteiger partial charge in [-0.25, -0.2) is 0 Å². The number of hydrogen-bond donors (Lipinski definition) is 2. The molecule has 19 heavy (non-hydrogen) atoms. The number of hydrogen-bond acceptors (Lipinski definition) is 2. The third kappa shape index (κ3) is 4.48. The molecule has 0 aliphatic heterocycles. The van der Waals surface area contributed by atoms with Gasteiger partial charge in [-0.05, 0) is 31.1 Å². The lowest BCUT2D eigenvalue weighted by Crippen LogP contribution is -2.47. The van der Waals surface area contributed by atoms with Gasteiger partial charge < -0.3 is 10.6 Å². The second kappa shape index (κ2) is 7.28. The summed E-state index contributed by atoms with van der Waals surface area (Å²) in [6.07, 6.45) is 10.1. The first-order valence-electron chi connectivity index (χ1n) is 8.19. The summed E-state index contributed by atoms with van der Waals surface area (Å²) in [5, 5.41) is 6.66. The van der Waals surface area contributed by atoms with Crippen molar-refractivity contribution in [2.24, 2.45) is 11.8 Å². The number of carbonyl (C=O) groups is 1. The first kappa shape index (κ1) is 14.8. The fourth-order valence-electron chi connectivity index (χ4n) is 3.62. The van der Waals surface area contributed by atoms with E-state index in [1.165, 1.54) is 51.4 Å². The van der Waals surface area contributed by atoms with Crippen LogP contribution in [0.25, 0.3) is 0 Å². The predicted molar refractivity (Wildman–Crippen MR) is 79.0 cm³/mol. The van der Waals surface area contributed by atoms with Crippen LogP contribution in [0.5, 0.6) is 0 Å². The van der Waals surface area contributed by atoms with Gasteiger partial charge in [-0.3, -0.25) is 4.79 Å². The second-order valence-electron chi connectivity index (χ2n) is 6.66. The fraction of sp³-hybridized carbons (Fsp3) is 0.938. The molecule has 0 aromatic rings. The van der Waals surface area contributed by atoms with E-state index in [2.05, 4.69) is 24.5 Å². The molecule has 3 heteroatoms. The van der Waals surface area contributed by atoms with Gasteiger partial charge in [0.15, 0.2) is 0 Å². The SMILES string of the molecule is CC1CCCC(NCC(=O)NC2CCCCC2)C1C. The van der Waals surface area contributed by atoms with Crippen LogP contribution in [0, 0.1) is 11.8 Å². The summed E-state index contributed by atoms with van der Waals surface area (Å²) in [5.41, 5.74) is 0. The zero-order valence-electron chi connectivity index (χ0n) is 12.6. The summed E-state index contributed by atoms with van der Waals surface area (Å²) in [7, 11) is 0. The van der Waals surface area contributed by atoms with E-state index < -0.39 is 0 Å². The third-order valence-corrected chi connectivity index (χ3v) is 5.20. The van der Waals surface area contributed by atoms with Crippen molar-refractivity contribution in [1.82, 2.24) is 10.6 Å². The van der Waals surface area contributed by atoms with Gasteiger partial charge in [0.1, 0.15) is 0 Å². The Hall–Kier alpha value is -0.570. The molecule has 0 radical (unpaired) electrons. The van der Waals surface area contributed by atoms with Crippen molar-refractivity contribution < 1.29 is 4.79 Å². The molecule has 0 bridgehead atoms. The highest BCUT2D eigenvalue weighted by Crippen LogP contribution is 2.29. The molecule has 0 spiro atoms. The molecule has 2 aliphatic rings. The number of amides is 1. The van der Waals surface area contributed by atoms with Crippen LogP contribution in [0.1, 0.15) is 65.2 Å². The Balaban J connectivity index is 1.67. The van der Waals surface area contributed by atoms with Crippen molar-refractivity contribution in [2.45, 2.75) is 77.3 Å². The summed E-state index contributed by atoms with van der Waals surface area (Å²) < 4.78 is 0. The molecule has 0 aromatic heterocycles. The lowest BCUT2D eigenvalue weighted by Gasteiger charge is -2.34. The molecule has 0 saturated heterocycles. The van der Waals surface area contributed by atoms with Crippen molar-refractivity contribution in [1.29, 1.82) is 0 Å². The fourth-order valence-corrected chi connectivity index (χ4v) is 3.62. The van der Waals surface area contributed by atoms with Crippen LogP contribution >= 0.6 is 0 Å². The van der Waals surface area contributed by atoms with Gasteiger partial charge in [-0.2, -0.15) is 0 Å². The highest BCUT2D eigenvalue weighted by atomic mass is 16.1. The lowest BCUT2D eigenvalue weighted by atomic mass is 9.78. The second-order valence-corrected chi connectivity index (χ2v) is 6.66. The number of nitrogens with one attached hydrogen (secondary N) is 2. The molecule has 110 valence electrons.